The number of carbonyl (C=O) groups excluding carboxylic acids is 1. The molecule has 1 heterocycles. The molecule has 2 rings (SSSR count). The molecule has 0 aliphatic rings. The fraction of sp³-hybridized carbons (Fsp3) is 0.333. The van der Waals surface area contributed by atoms with Crippen LogP contribution < -0.4 is 5.32 Å². The van der Waals surface area contributed by atoms with Gasteiger partial charge in [-0.05, 0) is 24.3 Å². The van der Waals surface area contributed by atoms with Gasteiger partial charge in [0.15, 0.2) is 0 Å². The second-order valence-electron chi connectivity index (χ2n) is 5.36. The van der Waals surface area contributed by atoms with Gasteiger partial charge >= 0.3 is 0 Å². The van der Waals surface area contributed by atoms with Crippen LogP contribution in [0.15, 0.2) is 35.8 Å². The van der Waals surface area contributed by atoms with Gasteiger partial charge in [0, 0.05) is 27.6 Å². The SMILES string of the molecule is CC(C)(C)SCC(=O)Nc1ccc(-c2nccs2)cc1. The van der Waals surface area contributed by atoms with Crippen molar-refractivity contribution >= 4 is 34.7 Å². The second-order valence-corrected chi connectivity index (χ2v) is 8.06. The van der Waals surface area contributed by atoms with E-state index in [1.54, 1.807) is 29.3 Å². The summed E-state index contributed by atoms with van der Waals surface area (Å²) in [6.45, 7) is 6.31. The molecule has 1 aromatic carbocycles. The number of thiazole rings is 1. The largest absolute Gasteiger partial charge is 0.325 e. The summed E-state index contributed by atoms with van der Waals surface area (Å²) in [5.74, 6) is 0.504. The summed E-state index contributed by atoms with van der Waals surface area (Å²) in [6.07, 6.45) is 1.79. The van der Waals surface area contributed by atoms with Gasteiger partial charge in [-0.3, -0.25) is 4.79 Å². The van der Waals surface area contributed by atoms with Crippen LogP contribution in [0, 0.1) is 0 Å². The van der Waals surface area contributed by atoms with Crippen LogP contribution in [0.5, 0.6) is 0 Å². The number of thioether (sulfide) groups is 1. The maximum atomic E-state index is 11.8. The molecule has 1 N–H and O–H groups in total. The van der Waals surface area contributed by atoms with E-state index in [-0.39, 0.29) is 10.7 Å². The van der Waals surface area contributed by atoms with Crippen molar-refractivity contribution in [3.8, 4) is 10.6 Å². The number of rotatable bonds is 4. The molecule has 0 spiro atoms. The van der Waals surface area contributed by atoms with Crippen LogP contribution >= 0.6 is 23.1 Å². The van der Waals surface area contributed by atoms with Crippen molar-refractivity contribution in [2.45, 2.75) is 25.5 Å². The van der Waals surface area contributed by atoms with Gasteiger partial charge in [-0.2, -0.15) is 0 Å². The summed E-state index contributed by atoms with van der Waals surface area (Å²) in [4.78, 5) is 16.1. The van der Waals surface area contributed by atoms with Gasteiger partial charge in [-0.15, -0.1) is 23.1 Å². The Morgan fingerprint density at radius 3 is 2.55 bits per heavy atom. The molecule has 3 nitrogen and oxygen atoms in total. The predicted molar refractivity (Wildman–Crippen MR) is 88.4 cm³/mol. The van der Waals surface area contributed by atoms with Crippen molar-refractivity contribution in [1.29, 1.82) is 0 Å². The van der Waals surface area contributed by atoms with E-state index >= 15 is 0 Å². The molecule has 0 saturated carbocycles. The van der Waals surface area contributed by atoms with Crippen LogP contribution in [0.4, 0.5) is 5.69 Å². The highest BCUT2D eigenvalue weighted by molar-refractivity contribution is 8.01. The van der Waals surface area contributed by atoms with Gasteiger partial charge in [-0.25, -0.2) is 4.98 Å². The first kappa shape index (κ1) is 15.1. The van der Waals surface area contributed by atoms with E-state index in [9.17, 15) is 4.79 Å². The molecule has 20 heavy (non-hydrogen) atoms. The minimum Gasteiger partial charge on any atom is -0.325 e. The Hall–Kier alpha value is -1.33. The maximum Gasteiger partial charge on any atom is 0.234 e. The van der Waals surface area contributed by atoms with Crippen LogP contribution in [-0.2, 0) is 4.79 Å². The predicted octanol–water partition coefficient (Wildman–Crippen LogP) is 4.28. The Balaban J connectivity index is 1.92. The molecular formula is C15H18N2OS2. The van der Waals surface area contributed by atoms with Gasteiger partial charge < -0.3 is 5.32 Å². The first-order valence-electron chi connectivity index (χ1n) is 6.38. The molecule has 0 radical (unpaired) electrons. The standard InChI is InChI=1S/C15H18N2OS2/c1-15(2,3)20-10-13(18)17-12-6-4-11(5-7-12)14-16-8-9-19-14/h4-9H,10H2,1-3H3,(H,17,18). The Morgan fingerprint density at radius 2 is 2.00 bits per heavy atom. The van der Waals surface area contributed by atoms with Gasteiger partial charge in [0.1, 0.15) is 5.01 Å². The summed E-state index contributed by atoms with van der Waals surface area (Å²) in [5.41, 5.74) is 1.90. The van der Waals surface area contributed by atoms with Gasteiger partial charge in [0.05, 0.1) is 5.75 Å². The van der Waals surface area contributed by atoms with E-state index in [1.807, 2.05) is 29.6 Å². The molecule has 0 fully saturated rings. The smallest absolute Gasteiger partial charge is 0.234 e. The average molecular weight is 306 g/mol. The van der Waals surface area contributed by atoms with E-state index in [1.165, 1.54) is 0 Å². The van der Waals surface area contributed by atoms with Crippen molar-refractivity contribution in [3.63, 3.8) is 0 Å². The highest BCUT2D eigenvalue weighted by Gasteiger charge is 2.13. The van der Waals surface area contributed by atoms with Crippen molar-refractivity contribution in [1.82, 2.24) is 4.98 Å². The van der Waals surface area contributed by atoms with Crippen LogP contribution in [0.2, 0.25) is 0 Å². The number of benzene rings is 1. The van der Waals surface area contributed by atoms with E-state index in [0.717, 1.165) is 16.3 Å². The van der Waals surface area contributed by atoms with Gasteiger partial charge in [0.2, 0.25) is 5.91 Å². The van der Waals surface area contributed by atoms with Crippen molar-refractivity contribution < 1.29 is 4.79 Å². The topological polar surface area (TPSA) is 42.0 Å². The van der Waals surface area contributed by atoms with Crippen LogP contribution in [0.25, 0.3) is 10.6 Å². The molecule has 0 unspecified atom stereocenters. The molecule has 0 aliphatic heterocycles. The number of anilines is 1. The average Bonchev–Trinajstić information content (AvgIpc) is 2.90. The summed E-state index contributed by atoms with van der Waals surface area (Å²) in [7, 11) is 0. The lowest BCUT2D eigenvalue weighted by Crippen LogP contribution is -2.18. The third-order valence-electron chi connectivity index (χ3n) is 2.48. The van der Waals surface area contributed by atoms with E-state index in [2.05, 4.69) is 31.1 Å². The van der Waals surface area contributed by atoms with Crippen molar-refractivity contribution in [3.05, 3.63) is 35.8 Å². The quantitative estimate of drug-likeness (QED) is 0.916. The number of hydrogen-bond donors (Lipinski definition) is 1. The Bertz CT molecular complexity index is 557. The summed E-state index contributed by atoms with van der Waals surface area (Å²) >= 11 is 3.25. The fourth-order valence-electron chi connectivity index (χ4n) is 1.54. The molecule has 1 aromatic heterocycles. The number of nitrogens with zero attached hydrogens (tertiary/aromatic N) is 1. The zero-order valence-corrected chi connectivity index (χ0v) is 13.5. The van der Waals surface area contributed by atoms with E-state index in [0.29, 0.717) is 5.75 Å². The number of carbonyl (C=O) groups is 1. The molecule has 2 aromatic rings. The summed E-state index contributed by atoms with van der Waals surface area (Å²) < 4.78 is 0.103. The number of aromatic nitrogens is 1. The van der Waals surface area contributed by atoms with Crippen LogP contribution in [0.3, 0.4) is 0 Å². The van der Waals surface area contributed by atoms with Crippen molar-refractivity contribution in [2.24, 2.45) is 0 Å². The summed E-state index contributed by atoms with van der Waals surface area (Å²) in [6, 6.07) is 7.78. The normalized spacial score (nSPS) is 11.3. The third-order valence-corrected chi connectivity index (χ3v) is 4.58. The first-order chi connectivity index (χ1) is 9.44. The molecule has 106 valence electrons. The monoisotopic (exact) mass is 306 g/mol. The summed E-state index contributed by atoms with van der Waals surface area (Å²) in [5, 5.41) is 5.86. The lowest BCUT2D eigenvalue weighted by Gasteiger charge is -2.17. The van der Waals surface area contributed by atoms with Gasteiger partial charge in [0.25, 0.3) is 0 Å². The van der Waals surface area contributed by atoms with Crippen molar-refractivity contribution in [2.75, 3.05) is 11.1 Å². The molecule has 1 amide bonds. The zero-order valence-electron chi connectivity index (χ0n) is 11.8. The number of hydrogen-bond acceptors (Lipinski definition) is 4. The molecular weight excluding hydrogens is 288 g/mol. The van der Waals surface area contributed by atoms with E-state index in [4.69, 9.17) is 0 Å². The van der Waals surface area contributed by atoms with Crippen LogP contribution in [-0.4, -0.2) is 21.4 Å². The molecule has 5 heteroatoms. The third kappa shape index (κ3) is 4.65. The highest BCUT2D eigenvalue weighted by atomic mass is 32.2. The zero-order chi connectivity index (χ0) is 14.6. The fourth-order valence-corrected chi connectivity index (χ4v) is 2.82. The number of nitrogens with one attached hydrogen (secondary N) is 1. The van der Waals surface area contributed by atoms with E-state index < -0.39 is 0 Å². The Kier molecular flexibility index (Phi) is 4.83. The van der Waals surface area contributed by atoms with Crippen LogP contribution in [0.1, 0.15) is 20.8 Å². The Labute approximate surface area is 127 Å². The van der Waals surface area contributed by atoms with Gasteiger partial charge in [-0.1, -0.05) is 20.8 Å². The molecule has 0 saturated heterocycles. The minimum absolute atomic E-state index is 0.0342. The lowest BCUT2D eigenvalue weighted by molar-refractivity contribution is -0.113. The molecule has 0 atom stereocenters. The first-order valence-corrected chi connectivity index (χ1v) is 8.24. The molecule has 0 bridgehead atoms. The number of amides is 1. The molecule has 0 aliphatic carbocycles. The maximum absolute atomic E-state index is 11.8. The second kappa shape index (κ2) is 6.41. The Morgan fingerprint density at radius 1 is 1.30 bits per heavy atom. The highest BCUT2D eigenvalue weighted by Crippen LogP contribution is 2.25. The minimum atomic E-state index is 0.0342. The lowest BCUT2D eigenvalue weighted by atomic mass is 10.2.